The van der Waals surface area contributed by atoms with Crippen molar-refractivity contribution in [2.45, 2.75) is 63.9 Å². The quantitative estimate of drug-likeness (QED) is 0.730. The summed E-state index contributed by atoms with van der Waals surface area (Å²) >= 11 is 0. The van der Waals surface area contributed by atoms with Crippen molar-refractivity contribution < 1.29 is 9.90 Å². The van der Waals surface area contributed by atoms with Crippen molar-refractivity contribution in [3.05, 3.63) is 0 Å². The van der Waals surface area contributed by atoms with Gasteiger partial charge in [-0.3, -0.25) is 0 Å². The number of hydrogen-bond acceptors (Lipinski definition) is 2. The zero-order valence-corrected chi connectivity index (χ0v) is 13.0. The van der Waals surface area contributed by atoms with Crippen molar-refractivity contribution in [3.8, 4) is 0 Å². The molecule has 5 atom stereocenters. The number of carbonyl (C=O) groups is 1. The molecule has 4 heteroatoms. The molecule has 0 saturated heterocycles. The Hall–Kier alpha value is -0.770. The van der Waals surface area contributed by atoms with E-state index in [0.29, 0.717) is 12.5 Å². The predicted molar refractivity (Wildman–Crippen MR) is 82.9 cm³/mol. The molecule has 0 aromatic heterocycles. The van der Waals surface area contributed by atoms with Crippen molar-refractivity contribution in [2.24, 2.45) is 23.7 Å². The van der Waals surface area contributed by atoms with E-state index >= 15 is 0 Å². The smallest absolute Gasteiger partial charge is 0.314 e. The van der Waals surface area contributed by atoms with E-state index in [1.54, 1.807) is 0 Å². The fourth-order valence-corrected chi connectivity index (χ4v) is 4.85. The molecule has 3 N–H and O–H groups in total. The highest BCUT2D eigenvalue weighted by atomic mass is 16.3. The fourth-order valence-electron chi connectivity index (χ4n) is 4.85. The van der Waals surface area contributed by atoms with Crippen molar-refractivity contribution in [1.82, 2.24) is 10.6 Å². The highest BCUT2D eigenvalue weighted by molar-refractivity contribution is 5.73. The molecule has 3 saturated carbocycles. The van der Waals surface area contributed by atoms with Crippen LogP contribution in [-0.4, -0.2) is 30.3 Å². The van der Waals surface area contributed by atoms with Gasteiger partial charge in [-0.25, -0.2) is 4.79 Å². The Morgan fingerprint density at radius 1 is 1.05 bits per heavy atom. The molecule has 0 spiro atoms. The van der Waals surface area contributed by atoms with Gasteiger partial charge >= 0.3 is 6.03 Å². The average Bonchev–Trinajstić information content (AvgIpc) is 3.08. The summed E-state index contributed by atoms with van der Waals surface area (Å²) in [5.74, 6) is 3.25. The van der Waals surface area contributed by atoms with Gasteiger partial charge in [-0.1, -0.05) is 12.8 Å². The molecule has 3 aliphatic rings. The number of nitrogens with one attached hydrogen (secondary N) is 2. The van der Waals surface area contributed by atoms with E-state index in [2.05, 4.69) is 10.6 Å². The Kier molecular flexibility index (Phi) is 5.04. The summed E-state index contributed by atoms with van der Waals surface area (Å²) in [6.07, 6.45) is 10.7. The summed E-state index contributed by atoms with van der Waals surface area (Å²) in [5.41, 5.74) is 0. The minimum absolute atomic E-state index is 0.0294. The third kappa shape index (κ3) is 4.12. The number of amides is 2. The fraction of sp³-hybridized carbons (Fsp3) is 0.941. The first-order valence-corrected chi connectivity index (χ1v) is 8.90. The first-order chi connectivity index (χ1) is 10.2. The lowest BCUT2D eigenvalue weighted by Gasteiger charge is -2.26. The van der Waals surface area contributed by atoms with Crippen LogP contribution in [0.3, 0.4) is 0 Å². The zero-order valence-electron chi connectivity index (χ0n) is 13.0. The van der Waals surface area contributed by atoms with Gasteiger partial charge in [-0.05, 0) is 68.6 Å². The van der Waals surface area contributed by atoms with Crippen LogP contribution in [0.5, 0.6) is 0 Å². The summed E-state index contributed by atoms with van der Waals surface area (Å²) < 4.78 is 0. The van der Waals surface area contributed by atoms with E-state index in [-0.39, 0.29) is 12.1 Å². The summed E-state index contributed by atoms with van der Waals surface area (Å²) in [7, 11) is 0. The van der Waals surface area contributed by atoms with E-state index in [0.717, 1.165) is 56.4 Å². The van der Waals surface area contributed by atoms with Crippen LogP contribution in [-0.2, 0) is 0 Å². The first-order valence-electron chi connectivity index (χ1n) is 8.90. The number of aliphatic hydroxyl groups is 1. The van der Waals surface area contributed by atoms with Gasteiger partial charge in [0.1, 0.15) is 0 Å². The van der Waals surface area contributed by atoms with Crippen LogP contribution >= 0.6 is 0 Å². The van der Waals surface area contributed by atoms with Gasteiger partial charge in [-0.15, -0.1) is 0 Å². The van der Waals surface area contributed by atoms with Gasteiger partial charge in [0.25, 0.3) is 0 Å². The van der Waals surface area contributed by atoms with Crippen molar-refractivity contribution in [1.29, 1.82) is 0 Å². The largest absolute Gasteiger partial charge is 0.393 e. The molecular formula is C17H30N2O2. The van der Waals surface area contributed by atoms with E-state index in [4.69, 9.17) is 0 Å². The number of urea groups is 1. The van der Waals surface area contributed by atoms with E-state index in [1.807, 2.05) is 0 Å². The standard InChI is InChI=1S/C17H30N2O2/c20-16-3-1-2-13(10-16)11-19-17(21)18-7-6-15-9-12-4-5-14(15)8-12/h12-16,20H,1-11H2,(H2,18,19,21). The van der Waals surface area contributed by atoms with Gasteiger partial charge in [0.2, 0.25) is 0 Å². The monoisotopic (exact) mass is 294 g/mol. The third-order valence-corrected chi connectivity index (χ3v) is 5.99. The molecule has 2 bridgehead atoms. The number of hydrogen-bond donors (Lipinski definition) is 3. The summed E-state index contributed by atoms with van der Waals surface area (Å²) in [6, 6.07) is -0.0294. The van der Waals surface area contributed by atoms with Crippen LogP contribution in [0, 0.1) is 23.7 Å². The number of aliphatic hydroxyl groups excluding tert-OH is 1. The number of carbonyl (C=O) groups excluding carboxylic acids is 1. The molecular weight excluding hydrogens is 264 g/mol. The van der Waals surface area contributed by atoms with Gasteiger partial charge in [0.05, 0.1) is 6.10 Å². The topological polar surface area (TPSA) is 61.4 Å². The van der Waals surface area contributed by atoms with Crippen molar-refractivity contribution in [3.63, 3.8) is 0 Å². The second-order valence-corrected chi connectivity index (χ2v) is 7.55. The Morgan fingerprint density at radius 3 is 2.67 bits per heavy atom. The Balaban J connectivity index is 1.26. The lowest BCUT2D eigenvalue weighted by molar-refractivity contribution is 0.101. The molecule has 0 radical (unpaired) electrons. The zero-order chi connectivity index (χ0) is 14.7. The Bertz CT molecular complexity index is 361. The molecule has 0 aromatic carbocycles. The normalized spacial score (nSPS) is 38.4. The predicted octanol–water partition coefficient (Wildman–Crippen LogP) is 2.66. The van der Waals surface area contributed by atoms with E-state index < -0.39 is 0 Å². The molecule has 2 amide bonds. The first kappa shape index (κ1) is 15.1. The molecule has 3 aliphatic carbocycles. The number of fused-ring (bicyclic) bond motifs is 2. The summed E-state index contributed by atoms with van der Waals surface area (Å²) in [6.45, 7) is 1.52. The van der Waals surface area contributed by atoms with Crippen LogP contribution in [0.15, 0.2) is 0 Å². The highest BCUT2D eigenvalue weighted by Gasteiger charge is 2.38. The highest BCUT2D eigenvalue weighted by Crippen LogP contribution is 2.49. The second-order valence-electron chi connectivity index (χ2n) is 7.55. The van der Waals surface area contributed by atoms with Crippen LogP contribution in [0.4, 0.5) is 4.79 Å². The van der Waals surface area contributed by atoms with Crippen LogP contribution in [0.25, 0.3) is 0 Å². The average molecular weight is 294 g/mol. The van der Waals surface area contributed by atoms with Gasteiger partial charge in [0.15, 0.2) is 0 Å². The third-order valence-electron chi connectivity index (χ3n) is 5.99. The molecule has 0 aromatic rings. The lowest BCUT2D eigenvalue weighted by atomic mass is 9.86. The summed E-state index contributed by atoms with van der Waals surface area (Å²) in [4.78, 5) is 11.8. The SMILES string of the molecule is O=C(NCCC1CC2CCC1C2)NCC1CCCC(O)C1. The molecule has 0 aliphatic heterocycles. The van der Waals surface area contributed by atoms with Crippen LogP contribution < -0.4 is 10.6 Å². The van der Waals surface area contributed by atoms with Gasteiger partial charge in [-0.2, -0.15) is 0 Å². The maximum atomic E-state index is 11.8. The molecule has 0 heterocycles. The molecule has 21 heavy (non-hydrogen) atoms. The van der Waals surface area contributed by atoms with Gasteiger partial charge in [0, 0.05) is 13.1 Å². The minimum atomic E-state index is -0.161. The van der Waals surface area contributed by atoms with Gasteiger partial charge < -0.3 is 15.7 Å². The Labute approximate surface area is 128 Å². The molecule has 5 unspecified atom stereocenters. The minimum Gasteiger partial charge on any atom is -0.393 e. The Morgan fingerprint density at radius 2 is 1.95 bits per heavy atom. The summed E-state index contributed by atoms with van der Waals surface area (Å²) in [5, 5.41) is 15.6. The molecule has 4 nitrogen and oxygen atoms in total. The van der Waals surface area contributed by atoms with E-state index in [1.165, 1.54) is 25.7 Å². The van der Waals surface area contributed by atoms with E-state index in [9.17, 15) is 9.90 Å². The molecule has 3 rings (SSSR count). The van der Waals surface area contributed by atoms with Crippen molar-refractivity contribution in [2.75, 3.05) is 13.1 Å². The molecule has 3 fully saturated rings. The maximum absolute atomic E-state index is 11.8. The second kappa shape index (κ2) is 6.99. The van der Waals surface area contributed by atoms with Crippen LogP contribution in [0.1, 0.15) is 57.8 Å². The molecule has 120 valence electrons. The van der Waals surface area contributed by atoms with Crippen molar-refractivity contribution >= 4 is 6.03 Å². The van der Waals surface area contributed by atoms with Crippen LogP contribution in [0.2, 0.25) is 0 Å². The maximum Gasteiger partial charge on any atom is 0.314 e. The lowest BCUT2D eigenvalue weighted by Crippen LogP contribution is -2.40. The number of rotatable bonds is 5.